The van der Waals surface area contributed by atoms with Crippen molar-refractivity contribution in [2.45, 2.75) is 57.6 Å². The Kier molecular flexibility index (Phi) is 3.38. The summed E-state index contributed by atoms with van der Waals surface area (Å²) >= 11 is 0. The number of amides is 1. The van der Waals surface area contributed by atoms with E-state index in [1.807, 2.05) is 18.2 Å². The van der Waals surface area contributed by atoms with E-state index in [4.69, 9.17) is 4.74 Å². The molecule has 118 valence electrons. The van der Waals surface area contributed by atoms with Crippen molar-refractivity contribution in [3.05, 3.63) is 29.3 Å². The Labute approximate surface area is 129 Å². The van der Waals surface area contributed by atoms with Gasteiger partial charge in [-0.15, -0.1) is 0 Å². The summed E-state index contributed by atoms with van der Waals surface area (Å²) in [7, 11) is 0. The minimum Gasteiger partial charge on any atom is -0.480 e. The zero-order chi connectivity index (χ0) is 16.1. The van der Waals surface area contributed by atoms with E-state index in [0.29, 0.717) is 18.0 Å². The van der Waals surface area contributed by atoms with Gasteiger partial charge in [-0.3, -0.25) is 4.90 Å². The third-order valence-corrected chi connectivity index (χ3v) is 4.05. The van der Waals surface area contributed by atoms with Gasteiger partial charge >= 0.3 is 12.1 Å². The van der Waals surface area contributed by atoms with E-state index in [1.54, 1.807) is 20.8 Å². The van der Waals surface area contributed by atoms with E-state index in [2.05, 4.69) is 0 Å². The van der Waals surface area contributed by atoms with Gasteiger partial charge in [0.15, 0.2) is 0 Å². The van der Waals surface area contributed by atoms with Gasteiger partial charge in [0.25, 0.3) is 0 Å². The van der Waals surface area contributed by atoms with Gasteiger partial charge in [0.2, 0.25) is 0 Å². The molecule has 1 aromatic rings. The van der Waals surface area contributed by atoms with Crippen molar-refractivity contribution in [2.75, 3.05) is 4.90 Å². The highest BCUT2D eigenvalue weighted by molar-refractivity contribution is 5.99. The van der Waals surface area contributed by atoms with E-state index >= 15 is 0 Å². The number of carboxylic acids is 1. The molecule has 1 aliphatic heterocycles. The lowest BCUT2D eigenvalue weighted by atomic mass is 9.99. The summed E-state index contributed by atoms with van der Waals surface area (Å²) in [6, 6.07) is 4.88. The third-order valence-electron chi connectivity index (χ3n) is 4.05. The molecule has 1 amide bonds. The summed E-state index contributed by atoms with van der Waals surface area (Å²) in [6.07, 6.45) is 2.05. The number of carbonyl (C=O) groups is 2. The SMILES string of the molecule is CC(C)(C)OC(=O)N1c2cccc(C3CC3)c2CC1C(=O)O. The fraction of sp³-hybridized carbons (Fsp3) is 0.529. The first kappa shape index (κ1) is 14.9. The molecule has 0 spiro atoms. The van der Waals surface area contributed by atoms with Gasteiger partial charge in [-0.2, -0.15) is 0 Å². The fourth-order valence-corrected chi connectivity index (χ4v) is 3.00. The van der Waals surface area contributed by atoms with Crippen LogP contribution in [-0.4, -0.2) is 28.8 Å². The van der Waals surface area contributed by atoms with E-state index in [-0.39, 0.29) is 0 Å². The Morgan fingerprint density at radius 3 is 2.50 bits per heavy atom. The molecule has 1 unspecified atom stereocenters. The van der Waals surface area contributed by atoms with E-state index < -0.39 is 23.7 Å². The number of benzene rings is 1. The maximum atomic E-state index is 12.5. The fourth-order valence-electron chi connectivity index (χ4n) is 3.00. The second kappa shape index (κ2) is 5.00. The number of rotatable bonds is 2. The van der Waals surface area contributed by atoms with Crippen molar-refractivity contribution in [3.63, 3.8) is 0 Å². The molecule has 0 radical (unpaired) electrons. The third kappa shape index (κ3) is 2.67. The van der Waals surface area contributed by atoms with E-state index in [1.165, 1.54) is 10.5 Å². The molecule has 1 atom stereocenters. The number of hydrogen-bond acceptors (Lipinski definition) is 3. The van der Waals surface area contributed by atoms with Gasteiger partial charge in [-0.25, -0.2) is 9.59 Å². The van der Waals surface area contributed by atoms with Gasteiger partial charge in [0, 0.05) is 6.42 Å². The standard InChI is InChI=1S/C17H21NO4/c1-17(2,3)22-16(21)18-13-6-4-5-11(10-7-8-10)12(13)9-14(18)15(19)20/h4-6,10,14H,7-9H2,1-3H3,(H,19,20). The van der Waals surface area contributed by atoms with E-state index in [9.17, 15) is 14.7 Å². The first-order valence-corrected chi connectivity index (χ1v) is 7.65. The average Bonchev–Trinajstić information content (AvgIpc) is 3.14. The number of aliphatic carboxylic acids is 1. The molecular weight excluding hydrogens is 282 g/mol. The van der Waals surface area contributed by atoms with Crippen molar-refractivity contribution in [2.24, 2.45) is 0 Å². The Bertz CT molecular complexity index is 628. The summed E-state index contributed by atoms with van der Waals surface area (Å²) in [6.45, 7) is 5.33. The number of ether oxygens (including phenoxy) is 1. The number of fused-ring (bicyclic) bond motifs is 1. The van der Waals surface area contributed by atoms with Crippen molar-refractivity contribution in [1.82, 2.24) is 0 Å². The summed E-state index contributed by atoms with van der Waals surface area (Å²) in [5, 5.41) is 9.50. The first-order valence-electron chi connectivity index (χ1n) is 7.65. The van der Waals surface area contributed by atoms with Crippen molar-refractivity contribution >= 4 is 17.7 Å². The van der Waals surface area contributed by atoms with Crippen LogP contribution < -0.4 is 4.90 Å². The molecule has 1 N–H and O–H groups in total. The molecule has 22 heavy (non-hydrogen) atoms. The second-order valence-electron chi connectivity index (χ2n) is 7.03. The maximum Gasteiger partial charge on any atom is 0.415 e. The maximum absolute atomic E-state index is 12.5. The van der Waals surface area contributed by atoms with Crippen LogP contribution in [0, 0.1) is 0 Å². The average molecular weight is 303 g/mol. The molecule has 1 saturated carbocycles. The van der Waals surface area contributed by atoms with Crippen molar-refractivity contribution in [3.8, 4) is 0 Å². The van der Waals surface area contributed by atoms with Gasteiger partial charge < -0.3 is 9.84 Å². The predicted molar refractivity (Wildman–Crippen MR) is 82.3 cm³/mol. The molecule has 5 nitrogen and oxygen atoms in total. The lowest BCUT2D eigenvalue weighted by molar-refractivity contribution is -0.138. The number of anilines is 1. The molecule has 0 aromatic heterocycles. The van der Waals surface area contributed by atoms with E-state index in [0.717, 1.165) is 18.4 Å². The predicted octanol–water partition coefficient (Wildman–Crippen LogP) is 3.31. The Morgan fingerprint density at radius 2 is 1.95 bits per heavy atom. The minimum absolute atomic E-state index is 0.358. The van der Waals surface area contributed by atoms with Crippen molar-refractivity contribution < 1.29 is 19.4 Å². The number of nitrogens with zero attached hydrogens (tertiary/aromatic N) is 1. The minimum atomic E-state index is -0.996. The van der Waals surface area contributed by atoms with Crippen LogP contribution in [0.3, 0.4) is 0 Å². The van der Waals surface area contributed by atoms with Crippen LogP contribution in [0.5, 0.6) is 0 Å². The summed E-state index contributed by atoms with van der Waals surface area (Å²) in [5.74, 6) is -0.480. The summed E-state index contributed by atoms with van der Waals surface area (Å²) in [4.78, 5) is 25.4. The van der Waals surface area contributed by atoms with Crippen LogP contribution in [0.4, 0.5) is 10.5 Å². The number of carbonyl (C=O) groups excluding carboxylic acids is 1. The molecule has 1 aromatic carbocycles. The van der Waals surface area contributed by atoms with Gasteiger partial charge in [0.05, 0.1) is 5.69 Å². The smallest absolute Gasteiger partial charge is 0.415 e. The van der Waals surface area contributed by atoms with Crippen molar-refractivity contribution in [1.29, 1.82) is 0 Å². The largest absolute Gasteiger partial charge is 0.480 e. The monoisotopic (exact) mass is 303 g/mol. The molecule has 1 fully saturated rings. The molecule has 0 bridgehead atoms. The highest BCUT2D eigenvalue weighted by Crippen LogP contribution is 2.46. The first-order chi connectivity index (χ1) is 10.3. The normalized spacial score (nSPS) is 20.7. The quantitative estimate of drug-likeness (QED) is 0.910. The van der Waals surface area contributed by atoms with Gasteiger partial charge in [0.1, 0.15) is 11.6 Å². The molecule has 1 aliphatic carbocycles. The van der Waals surface area contributed by atoms with Gasteiger partial charge in [-0.1, -0.05) is 12.1 Å². The zero-order valence-corrected chi connectivity index (χ0v) is 13.1. The lowest BCUT2D eigenvalue weighted by Crippen LogP contribution is -2.45. The summed E-state index contributed by atoms with van der Waals surface area (Å²) in [5.41, 5.74) is 2.21. The molecule has 1 heterocycles. The van der Waals surface area contributed by atoms with Crippen LogP contribution in [0.1, 0.15) is 50.7 Å². The highest BCUT2D eigenvalue weighted by atomic mass is 16.6. The Balaban J connectivity index is 1.99. The molecule has 2 aliphatic rings. The summed E-state index contributed by atoms with van der Waals surface area (Å²) < 4.78 is 5.40. The Hall–Kier alpha value is -2.04. The van der Waals surface area contributed by atoms with Crippen LogP contribution >= 0.6 is 0 Å². The molecule has 0 saturated heterocycles. The Morgan fingerprint density at radius 1 is 1.27 bits per heavy atom. The van der Waals surface area contributed by atoms with Crippen LogP contribution in [0.15, 0.2) is 18.2 Å². The van der Waals surface area contributed by atoms with Crippen LogP contribution in [0.2, 0.25) is 0 Å². The molecule has 3 rings (SSSR count). The lowest BCUT2D eigenvalue weighted by Gasteiger charge is -2.27. The zero-order valence-electron chi connectivity index (χ0n) is 13.1. The highest BCUT2D eigenvalue weighted by Gasteiger charge is 2.43. The molecular formula is C17H21NO4. The molecule has 5 heteroatoms. The number of carboxylic acid groups (broad SMARTS) is 1. The van der Waals surface area contributed by atoms with Gasteiger partial charge in [-0.05, 0) is 56.7 Å². The van der Waals surface area contributed by atoms with Crippen LogP contribution in [-0.2, 0) is 16.0 Å². The second-order valence-corrected chi connectivity index (χ2v) is 7.03. The number of hydrogen-bond donors (Lipinski definition) is 1. The van der Waals surface area contributed by atoms with Crippen LogP contribution in [0.25, 0.3) is 0 Å². The topological polar surface area (TPSA) is 66.8 Å².